The van der Waals surface area contributed by atoms with Gasteiger partial charge in [0.05, 0.1) is 6.20 Å². The van der Waals surface area contributed by atoms with Crippen LogP contribution in [0.2, 0.25) is 5.02 Å². The topological polar surface area (TPSA) is 61.6 Å². The van der Waals surface area contributed by atoms with E-state index >= 15 is 0 Å². The average molecular weight is 211 g/mol. The van der Waals surface area contributed by atoms with Crippen LogP contribution in [-0.4, -0.2) is 16.5 Å². The first-order valence-electron chi connectivity index (χ1n) is 4.30. The van der Waals surface area contributed by atoms with E-state index in [1.54, 1.807) is 0 Å². The van der Waals surface area contributed by atoms with Crippen molar-refractivity contribution in [2.24, 2.45) is 5.92 Å². The van der Waals surface area contributed by atoms with Gasteiger partial charge in [0, 0.05) is 6.54 Å². The second kappa shape index (κ2) is 4.77. The zero-order valence-electron chi connectivity index (χ0n) is 8.08. The number of rotatable bonds is 3. The number of aromatic nitrogens is 2. The van der Waals surface area contributed by atoms with Crippen molar-refractivity contribution in [3.63, 3.8) is 0 Å². The minimum atomic E-state index is 0.126. The molecule has 0 radical (unpaired) electrons. The van der Waals surface area contributed by atoms with Gasteiger partial charge in [0.25, 0.3) is 0 Å². The largest absolute Gasteiger partial charge is 0.368 e. The highest BCUT2D eigenvalue weighted by atomic mass is 35.5. The van der Waals surface area contributed by atoms with E-state index in [-0.39, 0.29) is 5.82 Å². The van der Waals surface area contributed by atoms with Crippen molar-refractivity contribution in [1.82, 2.24) is 9.97 Å². The van der Waals surface area contributed by atoms with Crippen molar-refractivity contribution in [3.05, 3.63) is 17.0 Å². The molecule has 0 atom stereocenters. The molecule has 0 unspecified atom stereocenters. The molecule has 1 rings (SSSR count). The van der Waals surface area contributed by atoms with Gasteiger partial charge in [0.2, 0.25) is 5.82 Å². The summed E-state index contributed by atoms with van der Waals surface area (Å²) in [5.41, 5.74) is 0. The smallest absolute Gasteiger partial charge is 0.234 e. The maximum absolute atomic E-state index is 8.58. The van der Waals surface area contributed by atoms with E-state index in [0.717, 1.165) is 6.54 Å². The number of nitriles is 1. The first-order valence-corrected chi connectivity index (χ1v) is 4.67. The van der Waals surface area contributed by atoms with Gasteiger partial charge in [-0.15, -0.1) is 0 Å². The van der Waals surface area contributed by atoms with Gasteiger partial charge in [0.1, 0.15) is 16.9 Å². The fraction of sp³-hybridized carbons (Fsp3) is 0.444. The minimum absolute atomic E-state index is 0.126. The molecule has 1 N–H and O–H groups in total. The third-order valence-corrected chi connectivity index (χ3v) is 1.80. The van der Waals surface area contributed by atoms with Crippen molar-refractivity contribution >= 4 is 17.4 Å². The molecule has 1 aromatic heterocycles. The first kappa shape index (κ1) is 10.7. The fourth-order valence-electron chi connectivity index (χ4n) is 0.846. The van der Waals surface area contributed by atoms with E-state index in [2.05, 4.69) is 29.1 Å². The number of hydrogen-bond donors (Lipinski definition) is 1. The summed E-state index contributed by atoms with van der Waals surface area (Å²) in [5.74, 6) is 1.14. The van der Waals surface area contributed by atoms with E-state index in [4.69, 9.17) is 16.9 Å². The number of halogens is 1. The van der Waals surface area contributed by atoms with Gasteiger partial charge in [0.15, 0.2) is 0 Å². The van der Waals surface area contributed by atoms with Crippen LogP contribution in [0.5, 0.6) is 0 Å². The Balaban J connectivity index is 2.80. The monoisotopic (exact) mass is 210 g/mol. The molecule has 1 aromatic rings. The summed E-state index contributed by atoms with van der Waals surface area (Å²) in [6.45, 7) is 4.92. The van der Waals surface area contributed by atoms with Gasteiger partial charge in [-0.25, -0.2) is 9.97 Å². The quantitative estimate of drug-likeness (QED) is 0.830. The third kappa shape index (κ3) is 2.86. The van der Waals surface area contributed by atoms with Gasteiger partial charge in [-0.3, -0.25) is 0 Å². The summed E-state index contributed by atoms with van der Waals surface area (Å²) in [6, 6.07) is 1.86. The van der Waals surface area contributed by atoms with Gasteiger partial charge >= 0.3 is 0 Å². The molecule has 0 aliphatic carbocycles. The third-order valence-electron chi connectivity index (χ3n) is 1.52. The Morgan fingerprint density at radius 3 is 2.93 bits per heavy atom. The van der Waals surface area contributed by atoms with Crippen LogP contribution in [0.1, 0.15) is 19.7 Å². The summed E-state index contributed by atoms with van der Waals surface area (Å²) in [6.07, 6.45) is 1.43. The predicted octanol–water partition coefficient (Wildman–Crippen LogP) is 2.07. The average Bonchev–Trinajstić information content (AvgIpc) is 2.16. The molecule has 0 bridgehead atoms. The molecule has 4 nitrogen and oxygen atoms in total. The SMILES string of the molecule is CC(C)CNc1nc(C#N)ncc1Cl. The van der Waals surface area contributed by atoms with E-state index in [1.165, 1.54) is 6.20 Å². The Bertz CT molecular complexity index is 356. The van der Waals surface area contributed by atoms with Gasteiger partial charge in [-0.05, 0) is 5.92 Å². The van der Waals surface area contributed by atoms with Crippen molar-refractivity contribution < 1.29 is 0 Å². The van der Waals surface area contributed by atoms with Crippen LogP contribution < -0.4 is 5.32 Å². The Kier molecular flexibility index (Phi) is 3.66. The van der Waals surface area contributed by atoms with Gasteiger partial charge in [-0.1, -0.05) is 25.4 Å². The highest BCUT2D eigenvalue weighted by molar-refractivity contribution is 6.32. The summed E-state index contributed by atoms with van der Waals surface area (Å²) < 4.78 is 0. The second-order valence-electron chi connectivity index (χ2n) is 3.28. The van der Waals surface area contributed by atoms with Crippen LogP contribution in [0, 0.1) is 17.2 Å². The molecule has 0 saturated heterocycles. The molecule has 0 fully saturated rings. The Morgan fingerprint density at radius 1 is 1.64 bits per heavy atom. The van der Waals surface area contributed by atoms with Crippen molar-refractivity contribution in [1.29, 1.82) is 5.26 Å². The van der Waals surface area contributed by atoms with Crippen LogP contribution in [0.15, 0.2) is 6.20 Å². The number of hydrogen-bond acceptors (Lipinski definition) is 4. The van der Waals surface area contributed by atoms with Crippen molar-refractivity contribution in [2.75, 3.05) is 11.9 Å². The molecule has 0 amide bonds. The van der Waals surface area contributed by atoms with Crippen molar-refractivity contribution in [3.8, 4) is 6.07 Å². The molecule has 0 aliphatic rings. The molecule has 5 heteroatoms. The Labute approximate surface area is 87.9 Å². The molecule has 1 heterocycles. The van der Waals surface area contributed by atoms with Crippen LogP contribution >= 0.6 is 11.6 Å². The van der Waals surface area contributed by atoms with E-state index in [9.17, 15) is 0 Å². The summed E-state index contributed by atoms with van der Waals surface area (Å²) in [4.78, 5) is 7.69. The van der Waals surface area contributed by atoms with E-state index in [1.807, 2.05) is 6.07 Å². The highest BCUT2D eigenvalue weighted by Gasteiger charge is 2.04. The normalized spacial score (nSPS) is 9.93. The lowest BCUT2D eigenvalue weighted by molar-refractivity contribution is 0.686. The van der Waals surface area contributed by atoms with Crippen LogP contribution in [-0.2, 0) is 0 Å². The predicted molar refractivity (Wildman–Crippen MR) is 55.1 cm³/mol. The zero-order valence-corrected chi connectivity index (χ0v) is 8.84. The Morgan fingerprint density at radius 2 is 2.36 bits per heavy atom. The van der Waals surface area contributed by atoms with Gasteiger partial charge in [-0.2, -0.15) is 5.26 Å². The van der Waals surface area contributed by atoms with Gasteiger partial charge < -0.3 is 5.32 Å². The summed E-state index contributed by atoms with van der Waals surface area (Å²) >= 11 is 5.84. The van der Waals surface area contributed by atoms with Crippen LogP contribution in [0.4, 0.5) is 5.82 Å². The van der Waals surface area contributed by atoms with E-state index in [0.29, 0.717) is 16.8 Å². The molecule has 0 aliphatic heterocycles. The second-order valence-corrected chi connectivity index (χ2v) is 3.68. The lowest BCUT2D eigenvalue weighted by Crippen LogP contribution is -2.10. The number of nitrogens with zero attached hydrogens (tertiary/aromatic N) is 3. The highest BCUT2D eigenvalue weighted by Crippen LogP contribution is 2.17. The fourth-order valence-corrected chi connectivity index (χ4v) is 1.00. The first-order chi connectivity index (χ1) is 6.63. The maximum Gasteiger partial charge on any atom is 0.234 e. The maximum atomic E-state index is 8.58. The van der Waals surface area contributed by atoms with E-state index < -0.39 is 0 Å². The van der Waals surface area contributed by atoms with Crippen molar-refractivity contribution in [2.45, 2.75) is 13.8 Å². The zero-order chi connectivity index (χ0) is 10.6. The lowest BCUT2D eigenvalue weighted by Gasteiger charge is -2.08. The molecular formula is C9H11ClN4. The van der Waals surface area contributed by atoms with Crippen LogP contribution in [0.3, 0.4) is 0 Å². The summed E-state index contributed by atoms with van der Waals surface area (Å²) in [5, 5.41) is 12.1. The minimum Gasteiger partial charge on any atom is -0.368 e. The molecular weight excluding hydrogens is 200 g/mol. The molecule has 0 saturated carbocycles. The lowest BCUT2D eigenvalue weighted by atomic mass is 10.2. The van der Waals surface area contributed by atoms with Crippen LogP contribution in [0.25, 0.3) is 0 Å². The molecule has 74 valence electrons. The Hall–Kier alpha value is -1.34. The molecule has 0 spiro atoms. The number of anilines is 1. The molecule has 14 heavy (non-hydrogen) atoms. The number of nitrogens with one attached hydrogen (secondary N) is 1. The molecule has 0 aromatic carbocycles. The summed E-state index contributed by atoms with van der Waals surface area (Å²) in [7, 11) is 0. The standard InChI is InChI=1S/C9H11ClN4/c1-6(2)4-13-9-7(10)5-12-8(3-11)14-9/h5-6H,4H2,1-2H3,(H,12,13,14).